The van der Waals surface area contributed by atoms with E-state index in [1.54, 1.807) is 24.0 Å². The third-order valence-electron chi connectivity index (χ3n) is 4.60. The quantitative estimate of drug-likeness (QED) is 0.484. The highest BCUT2D eigenvalue weighted by Crippen LogP contribution is 2.24. The van der Waals surface area contributed by atoms with Crippen LogP contribution in [-0.4, -0.2) is 35.9 Å². The molecule has 1 atom stereocenters. The highest BCUT2D eigenvalue weighted by atomic mass is 35.5. The molecule has 30 heavy (non-hydrogen) atoms. The Kier molecular flexibility index (Phi) is 9.98. The summed E-state index contributed by atoms with van der Waals surface area (Å²) in [7, 11) is 0. The zero-order valence-corrected chi connectivity index (χ0v) is 18.9. The molecule has 0 bridgehead atoms. The first-order chi connectivity index (χ1) is 14.4. The van der Waals surface area contributed by atoms with Gasteiger partial charge in [-0.3, -0.25) is 9.59 Å². The molecular weight excluding hydrogens is 423 g/mol. The Balaban J connectivity index is 2.01. The molecule has 0 saturated heterocycles. The van der Waals surface area contributed by atoms with E-state index in [-0.39, 0.29) is 24.8 Å². The van der Waals surface area contributed by atoms with Gasteiger partial charge in [-0.05, 0) is 49.6 Å². The van der Waals surface area contributed by atoms with Crippen molar-refractivity contribution in [3.05, 3.63) is 64.1 Å². The lowest BCUT2D eigenvalue weighted by Crippen LogP contribution is -2.47. The number of halogens is 2. The Bertz CT molecular complexity index is 830. The second kappa shape index (κ2) is 12.5. The molecule has 7 heteroatoms. The van der Waals surface area contributed by atoms with Gasteiger partial charge in [0.25, 0.3) is 0 Å². The van der Waals surface area contributed by atoms with Crippen molar-refractivity contribution in [1.29, 1.82) is 0 Å². The number of ether oxygens (including phenoxy) is 1. The summed E-state index contributed by atoms with van der Waals surface area (Å²) < 4.78 is 5.66. The predicted molar refractivity (Wildman–Crippen MR) is 121 cm³/mol. The number of benzene rings is 2. The number of rotatable bonds is 11. The number of nitrogens with one attached hydrogen (secondary N) is 1. The first-order valence-corrected chi connectivity index (χ1v) is 10.9. The molecule has 2 aromatic carbocycles. The number of hydrogen-bond donors (Lipinski definition) is 1. The largest absolute Gasteiger partial charge is 0.494 e. The van der Waals surface area contributed by atoms with Crippen LogP contribution >= 0.6 is 23.2 Å². The SMILES string of the molecule is CCCNC(=O)[C@H](C)N(Cc1ccc(Cl)c(Cl)c1)C(=O)CCCOc1ccccc1. The minimum atomic E-state index is -0.603. The van der Waals surface area contributed by atoms with Gasteiger partial charge in [0.15, 0.2) is 0 Å². The first-order valence-electron chi connectivity index (χ1n) is 10.1. The zero-order chi connectivity index (χ0) is 21.9. The fraction of sp³-hybridized carbons (Fsp3) is 0.391. The van der Waals surface area contributed by atoms with E-state index in [1.165, 1.54) is 0 Å². The number of carbonyl (C=O) groups excluding carboxylic acids is 2. The number of amides is 2. The van der Waals surface area contributed by atoms with Gasteiger partial charge in [0, 0.05) is 19.5 Å². The standard InChI is InChI=1S/C23H28Cl2N2O3/c1-3-13-26-23(29)17(2)27(16-18-11-12-20(24)21(25)15-18)22(28)10-7-14-30-19-8-5-4-6-9-19/h4-6,8-9,11-12,15,17H,3,7,10,13-14,16H2,1-2H3,(H,26,29)/t17-/m0/s1. The van der Waals surface area contributed by atoms with Crippen LogP contribution in [0.3, 0.4) is 0 Å². The summed E-state index contributed by atoms with van der Waals surface area (Å²) in [5.74, 6) is 0.479. The maximum absolute atomic E-state index is 13.0. The van der Waals surface area contributed by atoms with Crippen molar-refractivity contribution >= 4 is 35.0 Å². The molecule has 0 aliphatic heterocycles. The van der Waals surface area contributed by atoms with E-state index >= 15 is 0 Å². The highest BCUT2D eigenvalue weighted by molar-refractivity contribution is 6.42. The van der Waals surface area contributed by atoms with Crippen LogP contribution in [0, 0.1) is 0 Å². The maximum Gasteiger partial charge on any atom is 0.242 e. The van der Waals surface area contributed by atoms with E-state index in [2.05, 4.69) is 5.32 Å². The fourth-order valence-electron chi connectivity index (χ4n) is 2.89. The Labute approximate surface area is 188 Å². The van der Waals surface area contributed by atoms with Gasteiger partial charge in [0.1, 0.15) is 11.8 Å². The third-order valence-corrected chi connectivity index (χ3v) is 5.34. The van der Waals surface area contributed by atoms with Gasteiger partial charge >= 0.3 is 0 Å². The summed E-state index contributed by atoms with van der Waals surface area (Å²) in [6.45, 7) is 4.99. The fourth-order valence-corrected chi connectivity index (χ4v) is 3.21. The minimum Gasteiger partial charge on any atom is -0.494 e. The lowest BCUT2D eigenvalue weighted by Gasteiger charge is -2.29. The third kappa shape index (κ3) is 7.54. The molecule has 0 fully saturated rings. The average molecular weight is 451 g/mol. The summed E-state index contributed by atoms with van der Waals surface area (Å²) in [4.78, 5) is 27.0. The molecule has 2 aromatic rings. The summed E-state index contributed by atoms with van der Waals surface area (Å²) in [5.41, 5.74) is 0.813. The predicted octanol–water partition coefficient (Wildman–Crippen LogP) is 5.10. The van der Waals surface area contributed by atoms with E-state index in [9.17, 15) is 9.59 Å². The van der Waals surface area contributed by atoms with Gasteiger partial charge in [0.2, 0.25) is 11.8 Å². The maximum atomic E-state index is 13.0. The number of nitrogens with zero attached hydrogens (tertiary/aromatic N) is 1. The van der Waals surface area contributed by atoms with Crippen molar-refractivity contribution in [2.45, 2.75) is 45.7 Å². The topological polar surface area (TPSA) is 58.6 Å². The summed E-state index contributed by atoms with van der Waals surface area (Å²) in [6.07, 6.45) is 1.66. The van der Waals surface area contributed by atoms with Gasteiger partial charge in [-0.2, -0.15) is 0 Å². The van der Waals surface area contributed by atoms with E-state index < -0.39 is 6.04 Å². The molecule has 0 unspecified atom stereocenters. The second-order valence-electron chi connectivity index (χ2n) is 7.00. The van der Waals surface area contributed by atoms with Gasteiger partial charge in [-0.25, -0.2) is 0 Å². The molecule has 0 aromatic heterocycles. The molecule has 0 aliphatic carbocycles. The van der Waals surface area contributed by atoms with E-state index in [4.69, 9.17) is 27.9 Å². The smallest absolute Gasteiger partial charge is 0.242 e. The van der Waals surface area contributed by atoms with Crippen LogP contribution < -0.4 is 10.1 Å². The molecule has 1 N–H and O–H groups in total. The molecule has 0 aliphatic rings. The van der Waals surface area contributed by atoms with Crippen LogP contribution in [0.15, 0.2) is 48.5 Å². The molecule has 0 spiro atoms. The van der Waals surface area contributed by atoms with E-state index in [0.29, 0.717) is 29.6 Å². The van der Waals surface area contributed by atoms with Crippen LogP contribution in [0.2, 0.25) is 10.0 Å². The summed E-state index contributed by atoms with van der Waals surface area (Å²) >= 11 is 12.1. The monoisotopic (exact) mass is 450 g/mol. The van der Waals surface area contributed by atoms with Crippen LogP contribution in [0.5, 0.6) is 5.75 Å². The molecule has 0 heterocycles. The van der Waals surface area contributed by atoms with Crippen LogP contribution in [0.1, 0.15) is 38.7 Å². The van der Waals surface area contributed by atoms with Gasteiger partial charge < -0.3 is 15.0 Å². The lowest BCUT2D eigenvalue weighted by atomic mass is 10.1. The van der Waals surface area contributed by atoms with Crippen LogP contribution in [0.25, 0.3) is 0 Å². The molecule has 0 saturated carbocycles. The van der Waals surface area contributed by atoms with E-state index in [0.717, 1.165) is 17.7 Å². The molecular formula is C23H28Cl2N2O3. The van der Waals surface area contributed by atoms with Crippen molar-refractivity contribution in [2.24, 2.45) is 0 Å². The minimum absolute atomic E-state index is 0.114. The van der Waals surface area contributed by atoms with Crippen molar-refractivity contribution in [3.63, 3.8) is 0 Å². The van der Waals surface area contributed by atoms with Crippen molar-refractivity contribution in [1.82, 2.24) is 10.2 Å². The summed E-state index contributed by atoms with van der Waals surface area (Å²) in [6, 6.07) is 14.1. The lowest BCUT2D eigenvalue weighted by molar-refractivity contribution is -0.140. The molecule has 5 nitrogen and oxygen atoms in total. The highest BCUT2D eigenvalue weighted by Gasteiger charge is 2.25. The number of hydrogen-bond acceptors (Lipinski definition) is 3. The molecule has 162 valence electrons. The number of carbonyl (C=O) groups is 2. The first kappa shape index (κ1) is 24.0. The van der Waals surface area contributed by atoms with E-state index in [1.807, 2.05) is 43.3 Å². The Morgan fingerprint density at radius 2 is 1.83 bits per heavy atom. The summed E-state index contributed by atoms with van der Waals surface area (Å²) in [5, 5.41) is 3.72. The second-order valence-corrected chi connectivity index (χ2v) is 7.82. The Morgan fingerprint density at radius 3 is 2.50 bits per heavy atom. The van der Waals surface area contributed by atoms with Gasteiger partial charge in [-0.15, -0.1) is 0 Å². The van der Waals surface area contributed by atoms with Gasteiger partial charge in [0.05, 0.1) is 16.7 Å². The van der Waals surface area contributed by atoms with Crippen LogP contribution in [0.4, 0.5) is 0 Å². The normalized spacial score (nSPS) is 11.6. The molecule has 0 radical (unpaired) electrons. The van der Waals surface area contributed by atoms with Crippen molar-refractivity contribution in [2.75, 3.05) is 13.2 Å². The Morgan fingerprint density at radius 1 is 1.10 bits per heavy atom. The van der Waals surface area contributed by atoms with Crippen molar-refractivity contribution < 1.29 is 14.3 Å². The number of para-hydroxylation sites is 1. The Hall–Kier alpha value is -2.24. The van der Waals surface area contributed by atoms with Gasteiger partial charge in [-0.1, -0.05) is 54.4 Å². The zero-order valence-electron chi connectivity index (χ0n) is 17.4. The molecule has 2 rings (SSSR count). The van der Waals surface area contributed by atoms with Crippen molar-refractivity contribution in [3.8, 4) is 5.75 Å². The average Bonchev–Trinajstić information content (AvgIpc) is 2.75. The molecule has 2 amide bonds. The van der Waals surface area contributed by atoms with Crippen LogP contribution in [-0.2, 0) is 16.1 Å².